The summed E-state index contributed by atoms with van der Waals surface area (Å²) in [5.41, 5.74) is 2.67. The Bertz CT molecular complexity index is 903. The van der Waals surface area contributed by atoms with Crippen molar-refractivity contribution in [3.8, 4) is 17.2 Å². The number of nitrogens with one attached hydrogen (secondary N) is 1. The molecule has 0 saturated heterocycles. The van der Waals surface area contributed by atoms with Gasteiger partial charge in [0.15, 0.2) is 0 Å². The maximum Gasteiger partial charge on any atom is 0.231 e. The average Bonchev–Trinajstić information content (AvgIpc) is 3.27. The lowest BCUT2D eigenvalue weighted by Gasteiger charge is -2.08. The minimum absolute atomic E-state index is 0.465. The number of nitrogens with zero attached hydrogens (tertiary/aromatic N) is 6. The SMILES string of the molecule is c1ccc(-c2nccn2-c2ccnc(Nc3nncs3)n2)cc1. The van der Waals surface area contributed by atoms with E-state index in [4.69, 9.17) is 0 Å². The summed E-state index contributed by atoms with van der Waals surface area (Å²) < 4.78 is 1.92. The first kappa shape index (κ1) is 13.5. The molecule has 0 saturated carbocycles. The Kier molecular flexibility index (Phi) is 3.49. The monoisotopic (exact) mass is 321 g/mol. The van der Waals surface area contributed by atoms with Crippen LogP contribution in [0.2, 0.25) is 0 Å². The molecule has 23 heavy (non-hydrogen) atoms. The molecule has 3 aromatic heterocycles. The fourth-order valence-corrected chi connectivity index (χ4v) is 2.59. The van der Waals surface area contributed by atoms with Crippen molar-refractivity contribution in [3.05, 3.63) is 60.5 Å². The van der Waals surface area contributed by atoms with Crippen LogP contribution in [0.3, 0.4) is 0 Å². The molecule has 0 bridgehead atoms. The molecule has 8 heteroatoms. The molecule has 0 aliphatic rings. The summed E-state index contributed by atoms with van der Waals surface area (Å²) in [5, 5.41) is 11.4. The van der Waals surface area contributed by atoms with Gasteiger partial charge in [0.05, 0.1) is 0 Å². The van der Waals surface area contributed by atoms with Crippen LogP contribution in [-0.2, 0) is 0 Å². The van der Waals surface area contributed by atoms with Crippen molar-refractivity contribution in [2.75, 3.05) is 5.32 Å². The minimum atomic E-state index is 0.465. The number of imidazole rings is 1. The summed E-state index contributed by atoms with van der Waals surface area (Å²) in [7, 11) is 0. The van der Waals surface area contributed by atoms with Crippen LogP contribution in [0.25, 0.3) is 17.2 Å². The van der Waals surface area contributed by atoms with E-state index in [0.29, 0.717) is 11.1 Å². The maximum atomic E-state index is 4.52. The molecule has 4 aromatic rings. The summed E-state index contributed by atoms with van der Waals surface area (Å²) in [6.07, 6.45) is 5.32. The summed E-state index contributed by atoms with van der Waals surface area (Å²) >= 11 is 1.39. The second-order valence-corrected chi connectivity index (χ2v) is 5.43. The minimum Gasteiger partial charge on any atom is -0.299 e. The second-order valence-electron chi connectivity index (χ2n) is 4.59. The number of benzene rings is 1. The van der Waals surface area contributed by atoms with Gasteiger partial charge in [-0.15, -0.1) is 10.2 Å². The van der Waals surface area contributed by atoms with Crippen molar-refractivity contribution in [3.63, 3.8) is 0 Å². The summed E-state index contributed by atoms with van der Waals surface area (Å²) in [6, 6.07) is 11.8. The Hall–Kier alpha value is -3.13. The molecule has 0 spiro atoms. The first-order valence-electron chi connectivity index (χ1n) is 6.85. The van der Waals surface area contributed by atoms with Gasteiger partial charge in [-0.05, 0) is 6.07 Å². The zero-order chi connectivity index (χ0) is 15.5. The number of rotatable bonds is 4. The summed E-state index contributed by atoms with van der Waals surface area (Å²) in [6.45, 7) is 0. The van der Waals surface area contributed by atoms with Gasteiger partial charge in [0.1, 0.15) is 17.2 Å². The lowest BCUT2D eigenvalue weighted by Crippen LogP contribution is -2.03. The number of anilines is 2. The van der Waals surface area contributed by atoms with E-state index >= 15 is 0 Å². The molecule has 0 atom stereocenters. The van der Waals surface area contributed by atoms with Crippen LogP contribution in [0, 0.1) is 0 Å². The van der Waals surface area contributed by atoms with Gasteiger partial charge in [-0.2, -0.15) is 4.98 Å². The van der Waals surface area contributed by atoms with Gasteiger partial charge in [-0.25, -0.2) is 9.97 Å². The van der Waals surface area contributed by atoms with E-state index in [2.05, 4.69) is 30.5 Å². The van der Waals surface area contributed by atoms with E-state index in [9.17, 15) is 0 Å². The van der Waals surface area contributed by atoms with Crippen LogP contribution in [0.5, 0.6) is 0 Å². The molecule has 4 rings (SSSR count). The van der Waals surface area contributed by atoms with Crippen LogP contribution in [0.15, 0.2) is 60.5 Å². The van der Waals surface area contributed by atoms with Gasteiger partial charge in [-0.3, -0.25) is 9.88 Å². The Labute approximate surface area is 135 Å². The second kappa shape index (κ2) is 5.93. The van der Waals surface area contributed by atoms with Crippen LogP contribution in [-0.4, -0.2) is 29.7 Å². The molecule has 3 heterocycles. The van der Waals surface area contributed by atoms with E-state index in [1.165, 1.54) is 11.3 Å². The van der Waals surface area contributed by atoms with Gasteiger partial charge in [0, 0.05) is 24.2 Å². The molecule has 0 aliphatic heterocycles. The number of hydrogen-bond donors (Lipinski definition) is 1. The van der Waals surface area contributed by atoms with Gasteiger partial charge in [0.25, 0.3) is 0 Å². The molecule has 112 valence electrons. The number of hydrogen-bond acceptors (Lipinski definition) is 7. The van der Waals surface area contributed by atoms with Crippen molar-refractivity contribution in [2.24, 2.45) is 0 Å². The molecule has 0 aliphatic carbocycles. The Morgan fingerprint density at radius 2 is 1.91 bits per heavy atom. The molecule has 0 unspecified atom stereocenters. The standard InChI is InChI=1S/C15H11N7S/c1-2-4-11(5-3-1)13-16-8-9-22(13)12-6-7-17-14(19-12)20-15-21-18-10-23-15/h1-10H,(H,17,19,20,21). The molecular weight excluding hydrogens is 310 g/mol. The van der Waals surface area contributed by atoms with Crippen LogP contribution in [0.1, 0.15) is 0 Å². The van der Waals surface area contributed by atoms with Crippen LogP contribution >= 0.6 is 11.3 Å². The van der Waals surface area contributed by atoms with E-state index in [1.807, 2.05) is 47.2 Å². The third-order valence-corrected chi connectivity index (χ3v) is 3.75. The van der Waals surface area contributed by atoms with Gasteiger partial charge in [-0.1, -0.05) is 41.7 Å². The predicted octanol–water partition coefficient (Wildman–Crippen LogP) is 2.92. The lowest BCUT2D eigenvalue weighted by atomic mass is 10.2. The molecule has 0 radical (unpaired) electrons. The van der Waals surface area contributed by atoms with E-state index in [0.717, 1.165) is 17.2 Å². The van der Waals surface area contributed by atoms with Crippen molar-refractivity contribution >= 4 is 22.4 Å². The molecule has 0 fully saturated rings. The fourth-order valence-electron chi connectivity index (χ4n) is 2.16. The Morgan fingerprint density at radius 3 is 2.74 bits per heavy atom. The summed E-state index contributed by atoms with van der Waals surface area (Å²) in [4.78, 5) is 13.2. The van der Waals surface area contributed by atoms with Crippen molar-refractivity contribution in [1.82, 2.24) is 29.7 Å². The van der Waals surface area contributed by atoms with E-state index < -0.39 is 0 Å². The van der Waals surface area contributed by atoms with Crippen molar-refractivity contribution < 1.29 is 0 Å². The smallest absolute Gasteiger partial charge is 0.231 e. The molecular formula is C15H11N7S. The number of aromatic nitrogens is 6. The topological polar surface area (TPSA) is 81.4 Å². The van der Waals surface area contributed by atoms with Crippen molar-refractivity contribution in [2.45, 2.75) is 0 Å². The first-order chi connectivity index (χ1) is 11.4. The lowest BCUT2D eigenvalue weighted by molar-refractivity contribution is 0.980. The molecule has 7 nitrogen and oxygen atoms in total. The highest BCUT2D eigenvalue weighted by Gasteiger charge is 2.09. The average molecular weight is 321 g/mol. The Balaban J connectivity index is 1.71. The molecule has 0 amide bonds. The quantitative estimate of drug-likeness (QED) is 0.622. The summed E-state index contributed by atoms with van der Waals surface area (Å²) in [5.74, 6) is 2.02. The van der Waals surface area contributed by atoms with Crippen molar-refractivity contribution in [1.29, 1.82) is 0 Å². The normalized spacial score (nSPS) is 10.6. The maximum absolute atomic E-state index is 4.52. The zero-order valence-electron chi connectivity index (χ0n) is 11.9. The van der Waals surface area contributed by atoms with E-state index in [-0.39, 0.29) is 0 Å². The highest BCUT2D eigenvalue weighted by Crippen LogP contribution is 2.21. The zero-order valence-corrected chi connectivity index (χ0v) is 12.7. The van der Waals surface area contributed by atoms with Gasteiger partial charge < -0.3 is 0 Å². The molecule has 1 aromatic carbocycles. The molecule has 1 N–H and O–H groups in total. The first-order valence-corrected chi connectivity index (χ1v) is 7.73. The Morgan fingerprint density at radius 1 is 1.00 bits per heavy atom. The van der Waals surface area contributed by atoms with Gasteiger partial charge in [0.2, 0.25) is 11.1 Å². The highest BCUT2D eigenvalue weighted by molar-refractivity contribution is 7.13. The third kappa shape index (κ3) is 2.79. The van der Waals surface area contributed by atoms with Crippen LogP contribution in [0.4, 0.5) is 11.1 Å². The third-order valence-electron chi connectivity index (χ3n) is 3.14. The van der Waals surface area contributed by atoms with Crippen LogP contribution < -0.4 is 5.32 Å². The van der Waals surface area contributed by atoms with E-state index in [1.54, 1.807) is 17.9 Å². The predicted molar refractivity (Wildman–Crippen MR) is 87.8 cm³/mol. The largest absolute Gasteiger partial charge is 0.299 e. The van der Waals surface area contributed by atoms with Gasteiger partial charge >= 0.3 is 0 Å². The highest BCUT2D eigenvalue weighted by atomic mass is 32.1. The fraction of sp³-hybridized carbons (Fsp3) is 0.